The molecule has 0 bridgehead atoms. The monoisotopic (exact) mass is 220 g/mol. The predicted molar refractivity (Wildman–Crippen MR) is 57.4 cm³/mol. The zero-order chi connectivity index (χ0) is 10.8. The Bertz CT molecular complexity index is 269. The van der Waals surface area contributed by atoms with Crippen LogP contribution in [-0.2, 0) is 10.0 Å². The lowest BCUT2D eigenvalue weighted by Gasteiger charge is -2.32. The lowest BCUT2D eigenvalue weighted by molar-refractivity contribution is 0.242. The van der Waals surface area contributed by atoms with E-state index in [2.05, 4.69) is 6.92 Å². The van der Waals surface area contributed by atoms with Crippen molar-refractivity contribution in [2.75, 3.05) is 19.3 Å². The molecule has 0 saturated carbocycles. The van der Waals surface area contributed by atoms with Crippen molar-refractivity contribution >= 4 is 10.0 Å². The first-order valence-corrected chi connectivity index (χ1v) is 7.00. The molecule has 2 N–H and O–H groups in total. The van der Waals surface area contributed by atoms with Crippen molar-refractivity contribution < 1.29 is 8.42 Å². The van der Waals surface area contributed by atoms with Gasteiger partial charge in [0.05, 0.1) is 6.26 Å². The summed E-state index contributed by atoms with van der Waals surface area (Å²) in [5.41, 5.74) is 5.93. The summed E-state index contributed by atoms with van der Waals surface area (Å²) < 4.78 is 24.0. The van der Waals surface area contributed by atoms with Crippen LogP contribution in [0.15, 0.2) is 0 Å². The van der Waals surface area contributed by atoms with Gasteiger partial charge in [0.2, 0.25) is 10.0 Å². The van der Waals surface area contributed by atoms with Gasteiger partial charge >= 0.3 is 0 Å². The third kappa shape index (κ3) is 2.93. The summed E-state index contributed by atoms with van der Waals surface area (Å²) in [7, 11) is -2.99. The summed E-state index contributed by atoms with van der Waals surface area (Å²) in [6, 6.07) is 0.233. The Labute approximate surface area is 86.5 Å². The number of sulfonamides is 1. The molecule has 0 aliphatic carbocycles. The summed E-state index contributed by atoms with van der Waals surface area (Å²) >= 11 is 0. The van der Waals surface area contributed by atoms with E-state index >= 15 is 0 Å². The smallest absolute Gasteiger partial charge is 0.211 e. The van der Waals surface area contributed by atoms with Crippen LogP contribution in [0.25, 0.3) is 0 Å². The molecule has 84 valence electrons. The van der Waals surface area contributed by atoms with E-state index in [0.717, 1.165) is 19.3 Å². The van der Waals surface area contributed by atoms with E-state index in [0.29, 0.717) is 19.0 Å². The van der Waals surface area contributed by atoms with Crippen LogP contribution in [0.5, 0.6) is 0 Å². The lowest BCUT2D eigenvalue weighted by Crippen LogP contribution is -2.42. The Kier molecular flexibility index (Phi) is 3.92. The topological polar surface area (TPSA) is 63.4 Å². The van der Waals surface area contributed by atoms with Gasteiger partial charge in [-0.15, -0.1) is 0 Å². The maximum absolute atomic E-state index is 11.2. The molecule has 0 aromatic heterocycles. The zero-order valence-corrected chi connectivity index (χ0v) is 9.76. The first-order chi connectivity index (χ1) is 6.45. The molecule has 0 radical (unpaired) electrons. The van der Waals surface area contributed by atoms with E-state index < -0.39 is 10.0 Å². The Morgan fingerprint density at radius 1 is 1.43 bits per heavy atom. The van der Waals surface area contributed by atoms with Crippen LogP contribution in [0.2, 0.25) is 0 Å². The summed E-state index contributed by atoms with van der Waals surface area (Å²) in [6.07, 6.45) is 4.06. The lowest BCUT2D eigenvalue weighted by atomic mass is 9.89. The molecule has 1 fully saturated rings. The van der Waals surface area contributed by atoms with Crippen molar-refractivity contribution in [1.82, 2.24) is 4.31 Å². The molecule has 5 heteroatoms. The molecule has 4 nitrogen and oxygen atoms in total. The minimum atomic E-state index is -2.99. The molecule has 1 aliphatic heterocycles. The van der Waals surface area contributed by atoms with Gasteiger partial charge in [0.15, 0.2) is 0 Å². The van der Waals surface area contributed by atoms with Crippen molar-refractivity contribution in [3.8, 4) is 0 Å². The Balaban J connectivity index is 2.47. The largest absolute Gasteiger partial charge is 0.327 e. The highest BCUT2D eigenvalue weighted by atomic mass is 32.2. The van der Waals surface area contributed by atoms with Crippen LogP contribution in [0, 0.1) is 5.92 Å². The average molecular weight is 220 g/mol. The standard InChI is InChI=1S/C9H20N2O2S/c1-3-9(10)8-4-6-11(7-5-8)14(2,12)13/h8-9H,3-7,10H2,1-2H3. The molecule has 0 amide bonds. The Hall–Kier alpha value is -0.130. The van der Waals surface area contributed by atoms with Crippen LogP contribution in [0.3, 0.4) is 0 Å². The number of rotatable bonds is 3. The maximum atomic E-state index is 11.2. The molecule has 0 aromatic carbocycles. The number of hydrogen-bond donors (Lipinski definition) is 1. The molecule has 1 heterocycles. The van der Waals surface area contributed by atoms with Gasteiger partial charge in [0, 0.05) is 19.1 Å². The molecule has 1 aliphatic rings. The molecule has 0 spiro atoms. The van der Waals surface area contributed by atoms with Gasteiger partial charge in [0.1, 0.15) is 0 Å². The van der Waals surface area contributed by atoms with E-state index in [9.17, 15) is 8.42 Å². The quantitative estimate of drug-likeness (QED) is 0.748. The third-order valence-corrected chi connectivity index (χ3v) is 4.35. The summed E-state index contributed by atoms with van der Waals surface area (Å²) in [5, 5.41) is 0. The van der Waals surface area contributed by atoms with Gasteiger partial charge in [-0.3, -0.25) is 0 Å². The van der Waals surface area contributed by atoms with Crippen molar-refractivity contribution in [2.45, 2.75) is 32.2 Å². The maximum Gasteiger partial charge on any atom is 0.211 e. The van der Waals surface area contributed by atoms with E-state index in [1.54, 1.807) is 4.31 Å². The fraction of sp³-hybridized carbons (Fsp3) is 1.00. The van der Waals surface area contributed by atoms with Gasteiger partial charge < -0.3 is 5.73 Å². The second kappa shape index (κ2) is 4.59. The highest BCUT2D eigenvalue weighted by Gasteiger charge is 2.27. The average Bonchev–Trinajstić information content (AvgIpc) is 2.15. The molecule has 1 atom stereocenters. The van der Waals surface area contributed by atoms with Crippen LogP contribution in [-0.4, -0.2) is 38.1 Å². The fourth-order valence-corrected chi connectivity index (χ4v) is 2.84. The number of nitrogens with zero attached hydrogens (tertiary/aromatic N) is 1. The normalized spacial score (nSPS) is 23.6. The Morgan fingerprint density at radius 3 is 2.29 bits per heavy atom. The number of nitrogens with two attached hydrogens (primary N) is 1. The summed E-state index contributed by atoms with van der Waals surface area (Å²) in [4.78, 5) is 0. The molecule has 14 heavy (non-hydrogen) atoms. The van der Waals surface area contributed by atoms with Crippen molar-refractivity contribution in [1.29, 1.82) is 0 Å². The molecule has 1 unspecified atom stereocenters. The molecular formula is C9H20N2O2S. The second-order valence-corrected chi connectivity index (χ2v) is 6.05. The highest BCUT2D eigenvalue weighted by molar-refractivity contribution is 7.88. The predicted octanol–water partition coefficient (Wildman–Crippen LogP) is 0.395. The van der Waals surface area contributed by atoms with Gasteiger partial charge in [-0.05, 0) is 25.2 Å². The molecule has 0 aromatic rings. The van der Waals surface area contributed by atoms with Gasteiger partial charge in [-0.2, -0.15) is 0 Å². The molecule has 1 rings (SSSR count). The fourth-order valence-electron chi connectivity index (χ4n) is 1.97. The second-order valence-electron chi connectivity index (χ2n) is 4.07. The van der Waals surface area contributed by atoms with E-state index in [1.165, 1.54) is 6.26 Å². The van der Waals surface area contributed by atoms with Crippen LogP contribution in [0.1, 0.15) is 26.2 Å². The van der Waals surface area contributed by atoms with Crippen LogP contribution >= 0.6 is 0 Å². The number of hydrogen-bond acceptors (Lipinski definition) is 3. The molecule has 1 saturated heterocycles. The van der Waals surface area contributed by atoms with E-state index in [-0.39, 0.29) is 6.04 Å². The minimum Gasteiger partial charge on any atom is -0.327 e. The minimum absolute atomic E-state index is 0.233. The summed E-state index contributed by atoms with van der Waals surface area (Å²) in [6.45, 7) is 3.35. The van der Waals surface area contributed by atoms with Crippen molar-refractivity contribution in [2.24, 2.45) is 11.7 Å². The van der Waals surface area contributed by atoms with Gasteiger partial charge in [-0.25, -0.2) is 12.7 Å². The SMILES string of the molecule is CCC(N)C1CCN(S(C)(=O)=O)CC1. The first-order valence-electron chi connectivity index (χ1n) is 5.16. The van der Waals surface area contributed by atoms with E-state index in [4.69, 9.17) is 5.73 Å². The van der Waals surface area contributed by atoms with Gasteiger partial charge in [0.25, 0.3) is 0 Å². The number of piperidine rings is 1. The van der Waals surface area contributed by atoms with Crippen LogP contribution in [0.4, 0.5) is 0 Å². The summed E-state index contributed by atoms with van der Waals surface area (Å²) in [5.74, 6) is 0.498. The molecular weight excluding hydrogens is 200 g/mol. The van der Waals surface area contributed by atoms with Gasteiger partial charge in [-0.1, -0.05) is 6.92 Å². The third-order valence-electron chi connectivity index (χ3n) is 3.04. The highest BCUT2D eigenvalue weighted by Crippen LogP contribution is 2.22. The Morgan fingerprint density at radius 2 is 1.93 bits per heavy atom. The van der Waals surface area contributed by atoms with Crippen molar-refractivity contribution in [3.63, 3.8) is 0 Å². The van der Waals surface area contributed by atoms with Crippen molar-refractivity contribution in [3.05, 3.63) is 0 Å². The van der Waals surface area contributed by atoms with Crippen LogP contribution < -0.4 is 5.73 Å². The first kappa shape index (κ1) is 11.9. The zero-order valence-electron chi connectivity index (χ0n) is 8.94. The van der Waals surface area contributed by atoms with E-state index in [1.807, 2.05) is 0 Å².